The molecule has 0 saturated heterocycles. The summed E-state index contributed by atoms with van der Waals surface area (Å²) in [6, 6.07) is 60.0. The Morgan fingerprint density at radius 2 is 1.16 bits per heavy atom. The van der Waals surface area contributed by atoms with Crippen LogP contribution in [0.2, 0.25) is 0 Å². The number of hydrogen-bond acceptors (Lipinski definition) is 3. The summed E-state index contributed by atoms with van der Waals surface area (Å²) in [7, 11) is 0. The molecular weight excluding hydrogens is 609 g/mol. The van der Waals surface area contributed by atoms with Gasteiger partial charge < -0.3 is 9.47 Å². The molecule has 0 saturated carbocycles. The van der Waals surface area contributed by atoms with E-state index in [9.17, 15) is 0 Å². The lowest BCUT2D eigenvalue weighted by Gasteiger charge is -2.28. The summed E-state index contributed by atoms with van der Waals surface area (Å²) < 4.78 is 2.42. The summed E-state index contributed by atoms with van der Waals surface area (Å²) in [4.78, 5) is 13.0. The van der Waals surface area contributed by atoms with E-state index in [0.29, 0.717) is 5.82 Å². The second-order valence-electron chi connectivity index (χ2n) is 13.0. The molecule has 0 amide bonds. The summed E-state index contributed by atoms with van der Waals surface area (Å²) >= 11 is 0. The largest absolute Gasteiger partial charge is 0.318 e. The lowest BCUT2D eigenvalue weighted by atomic mass is 9.90. The van der Waals surface area contributed by atoms with Crippen LogP contribution in [0.15, 0.2) is 170 Å². The third-order valence-corrected chi connectivity index (χ3v) is 10.1. The maximum Gasteiger partial charge on any atom is 0.162 e. The van der Waals surface area contributed by atoms with Crippen molar-refractivity contribution in [2.75, 3.05) is 4.90 Å². The van der Waals surface area contributed by atoms with Crippen LogP contribution in [0.1, 0.15) is 11.5 Å². The molecule has 2 atom stereocenters. The van der Waals surface area contributed by atoms with Crippen LogP contribution >= 0.6 is 0 Å². The van der Waals surface area contributed by atoms with Gasteiger partial charge in [0.05, 0.1) is 22.6 Å². The maximum absolute atomic E-state index is 5.38. The van der Waals surface area contributed by atoms with Gasteiger partial charge in [-0.25, -0.2) is 9.97 Å². The minimum absolute atomic E-state index is 0.0388. The van der Waals surface area contributed by atoms with Crippen molar-refractivity contribution in [3.8, 4) is 39.5 Å². The van der Waals surface area contributed by atoms with E-state index < -0.39 is 0 Å². The highest BCUT2D eigenvalue weighted by molar-refractivity contribution is 5.88. The van der Waals surface area contributed by atoms with Gasteiger partial charge in [0.2, 0.25) is 0 Å². The molecule has 10 rings (SSSR count). The average Bonchev–Trinajstić information content (AvgIpc) is 3.70. The molecule has 1 aliphatic heterocycles. The van der Waals surface area contributed by atoms with Crippen LogP contribution < -0.4 is 15.5 Å². The first-order chi connectivity index (χ1) is 24.8. The van der Waals surface area contributed by atoms with Gasteiger partial charge >= 0.3 is 0 Å². The molecule has 50 heavy (non-hydrogen) atoms. The molecule has 236 valence electrons. The third-order valence-electron chi connectivity index (χ3n) is 10.1. The summed E-state index contributed by atoms with van der Waals surface area (Å²) in [6.07, 6.45) is 4.96. The Labute approximate surface area is 290 Å². The molecule has 0 N–H and O–H groups in total. The predicted octanol–water partition coefficient (Wildman–Crippen LogP) is 9.30. The molecule has 0 spiro atoms. The molecule has 6 aromatic carbocycles. The van der Waals surface area contributed by atoms with Crippen molar-refractivity contribution in [1.82, 2.24) is 14.5 Å². The van der Waals surface area contributed by atoms with Crippen molar-refractivity contribution < 1.29 is 0 Å². The molecule has 4 heteroatoms. The number of rotatable bonds is 5. The topological polar surface area (TPSA) is 34.0 Å². The molecule has 4 nitrogen and oxygen atoms in total. The Kier molecular flexibility index (Phi) is 6.59. The molecule has 1 aliphatic carbocycles. The van der Waals surface area contributed by atoms with Crippen molar-refractivity contribution >= 4 is 34.6 Å². The van der Waals surface area contributed by atoms with Crippen molar-refractivity contribution in [2.45, 2.75) is 12.0 Å². The highest BCUT2D eigenvalue weighted by Gasteiger charge is 2.39. The number of nitrogens with zero attached hydrogens (tertiary/aromatic N) is 4. The van der Waals surface area contributed by atoms with E-state index in [0.717, 1.165) is 28.2 Å². The summed E-state index contributed by atoms with van der Waals surface area (Å²) in [6.45, 7) is 0. The van der Waals surface area contributed by atoms with Gasteiger partial charge in [0.25, 0.3) is 0 Å². The second kappa shape index (κ2) is 11.6. The standard InChI is InChI=1S/C46H32N4/c1-4-15-31(16-5-1)33-19-14-20-34(27-33)46-47-40(32-17-6-2-7-18-32)30-45(48-46)50-42-26-13-11-24-37(42)39-28-43-38(29-44(39)50)36-23-10-12-25-41(36)49(43)35-21-8-3-9-22-35/h1-30,39,44H. The van der Waals surface area contributed by atoms with Gasteiger partial charge in [-0.15, -0.1) is 0 Å². The Balaban J connectivity index is 1.20. The van der Waals surface area contributed by atoms with Crippen LogP contribution in [0.3, 0.4) is 0 Å². The van der Waals surface area contributed by atoms with Crippen LogP contribution in [0.4, 0.5) is 11.5 Å². The van der Waals surface area contributed by atoms with Crippen LogP contribution in [0.5, 0.6) is 0 Å². The summed E-state index contributed by atoms with van der Waals surface area (Å²) in [5, 5.41) is 3.75. The third kappa shape index (κ3) is 4.61. The van der Waals surface area contributed by atoms with Gasteiger partial charge in [0, 0.05) is 45.1 Å². The Morgan fingerprint density at radius 1 is 0.500 bits per heavy atom. The van der Waals surface area contributed by atoms with Gasteiger partial charge in [-0.1, -0.05) is 140 Å². The van der Waals surface area contributed by atoms with Crippen LogP contribution in [-0.2, 0) is 0 Å². The van der Waals surface area contributed by atoms with E-state index in [2.05, 4.69) is 185 Å². The molecule has 0 fully saturated rings. The average molecular weight is 641 g/mol. The minimum Gasteiger partial charge on any atom is -0.318 e. The quantitative estimate of drug-likeness (QED) is 0.188. The minimum atomic E-state index is 0.0388. The maximum atomic E-state index is 5.38. The fraction of sp³-hybridized carbons (Fsp3) is 0.0435. The van der Waals surface area contributed by atoms with Gasteiger partial charge in [0.1, 0.15) is 5.82 Å². The molecule has 3 heterocycles. The van der Waals surface area contributed by atoms with E-state index in [1.54, 1.807) is 0 Å². The summed E-state index contributed by atoms with van der Waals surface area (Å²) in [5.74, 6) is 1.74. The number of anilines is 2. The van der Waals surface area contributed by atoms with Gasteiger partial charge in [-0.05, 0) is 53.1 Å². The Hall–Kier alpha value is -6.52. The van der Waals surface area contributed by atoms with E-state index in [4.69, 9.17) is 9.97 Å². The fourth-order valence-electron chi connectivity index (χ4n) is 7.87. The van der Waals surface area contributed by atoms with Crippen LogP contribution in [-0.4, -0.2) is 20.6 Å². The van der Waals surface area contributed by atoms with Crippen LogP contribution in [0, 0.1) is 0 Å². The van der Waals surface area contributed by atoms with Gasteiger partial charge in [-0.3, -0.25) is 0 Å². The SMILES string of the molecule is C1=c2c(n(-c3ccccc3)c3ccccc23)=CC2c3ccccc3N(c3cc(-c4ccccc4)nc(-c4cccc(-c5ccccc5)c4)n3)C12. The molecule has 2 aromatic heterocycles. The zero-order chi connectivity index (χ0) is 33.0. The number of hydrogen-bond donors (Lipinski definition) is 0. The predicted molar refractivity (Wildman–Crippen MR) is 205 cm³/mol. The smallest absolute Gasteiger partial charge is 0.162 e. The van der Waals surface area contributed by atoms with E-state index in [-0.39, 0.29) is 12.0 Å². The monoisotopic (exact) mass is 640 g/mol. The molecule has 2 aliphatic rings. The molecule has 2 unspecified atom stereocenters. The lowest BCUT2D eigenvalue weighted by Crippen LogP contribution is -2.40. The Morgan fingerprint density at radius 3 is 1.98 bits per heavy atom. The van der Waals surface area contributed by atoms with Crippen molar-refractivity contribution in [2.24, 2.45) is 0 Å². The molecule has 0 bridgehead atoms. The van der Waals surface area contributed by atoms with Crippen molar-refractivity contribution in [3.63, 3.8) is 0 Å². The lowest BCUT2D eigenvalue weighted by molar-refractivity contribution is 0.787. The van der Waals surface area contributed by atoms with E-state index in [1.807, 2.05) is 6.07 Å². The van der Waals surface area contributed by atoms with Gasteiger partial charge in [-0.2, -0.15) is 0 Å². The molecule has 8 aromatic rings. The number of benzene rings is 6. The number of para-hydroxylation sites is 3. The highest BCUT2D eigenvalue weighted by Crippen LogP contribution is 2.47. The fourth-order valence-corrected chi connectivity index (χ4v) is 7.87. The van der Waals surface area contributed by atoms with Crippen molar-refractivity contribution in [1.29, 1.82) is 0 Å². The number of aromatic nitrogens is 3. The second-order valence-corrected chi connectivity index (χ2v) is 13.0. The summed E-state index contributed by atoms with van der Waals surface area (Å²) in [5.41, 5.74) is 10.1. The van der Waals surface area contributed by atoms with Gasteiger partial charge in [0.15, 0.2) is 5.82 Å². The normalized spacial score (nSPS) is 15.9. The first-order valence-electron chi connectivity index (χ1n) is 17.2. The Bertz CT molecular complexity index is 2660. The van der Waals surface area contributed by atoms with E-state index in [1.165, 1.54) is 44.0 Å². The molecular formula is C46H32N4. The zero-order valence-corrected chi connectivity index (χ0v) is 27.3. The number of fused-ring (bicyclic) bond motifs is 6. The van der Waals surface area contributed by atoms with E-state index >= 15 is 0 Å². The first-order valence-corrected chi connectivity index (χ1v) is 17.2. The van der Waals surface area contributed by atoms with Crippen LogP contribution in [0.25, 0.3) is 62.5 Å². The highest BCUT2D eigenvalue weighted by atomic mass is 15.3. The zero-order valence-electron chi connectivity index (χ0n) is 27.3. The first kappa shape index (κ1) is 28.5. The molecule has 0 radical (unpaired) electrons. The van der Waals surface area contributed by atoms with Crippen molar-refractivity contribution in [3.05, 3.63) is 186 Å².